The van der Waals surface area contributed by atoms with E-state index in [1.54, 1.807) is 66.7 Å². The summed E-state index contributed by atoms with van der Waals surface area (Å²) < 4.78 is 0. The minimum Gasteiger partial charge on any atom is -0.397 e. The number of rotatable bonds is 4. The number of anilines is 4. The van der Waals surface area contributed by atoms with E-state index in [0.29, 0.717) is 22.7 Å². The summed E-state index contributed by atoms with van der Waals surface area (Å²) in [6.07, 6.45) is 0. The molecule has 0 aliphatic rings. The predicted octanol–water partition coefficient (Wildman–Crippen LogP) is 2.93. The maximum Gasteiger partial charge on any atom is 0.263 e. The Labute approximate surface area is 150 Å². The highest BCUT2D eigenvalue weighted by Gasteiger charge is 2.26. The molecule has 0 unspecified atom stereocenters. The van der Waals surface area contributed by atoms with Crippen LogP contribution in [0.4, 0.5) is 22.7 Å². The van der Waals surface area contributed by atoms with Gasteiger partial charge in [-0.25, -0.2) is 0 Å². The van der Waals surface area contributed by atoms with Gasteiger partial charge in [-0.2, -0.15) is 0 Å². The van der Waals surface area contributed by atoms with E-state index in [2.05, 4.69) is 0 Å². The molecule has 3 rings (SSSR count). The number of carbonyl (C=O) groups excluding carboxylic acids is 2. The zero-order valence-corrected chi connectivity index (χ0v) is 13.9. The second kappa shape index (κ2) is 6.98. The largest absolute Gasteiger partial charge is 0.397 e. The van der Waals surface area contributed by atoms with Crippen LogP contribution < -0.4 is 22.1 Å². The standard InChI is InChI=1S/C20H18N4O2/c21-15-9-3-5-11-17(15)24(18-12-6-4-10-16(18)22)20(26)14-8-2-1-7-13(14)19(23)25/h1-12H,21-22H2,(H2,23,25). The van der Waals surface area contributed by atoms with E-state index in [1.807, 2.05) is 0 Å². The van der Waals surface area contributed by atoms with Crippen LogP contribution in [-0.4, -0.2) is 11.8 Å². The van der Waals surface area contributed by atoms with Gasteiger partial charge in [0.2, 0.25) is 5.91 Å². The Morgan fingerprint density at radius 1 is 0.654 bits per heavy atom. The van der Waals surface area contributed by atoms with Crippen LogP contribution in [0.3, 0.4) is 0 Å². The average molecular weight is 346 g/mol. The molecule has 6 nitrogen and oxygen atoms in total. The number of nitrogen functional groups attached to an aromatic ring is 2. The number of primary amides is 1. The molecule has 0 aliphatic carbocycles. The summed E-state index contributed by atoms with van der Waals surface area (Å²) in [6.45, 7) is 0. The number of hydrogen-bond acceptors (Lipinski definition) is 4. The molecule has 6 heteroatoms. The highest BCUT2D eigenvalue weighted by atomic mass is 16.2. The first-order chi connectivity index (χ1) is 12.5. The van der Waals surface area contributed by atoms with Crippen LogP contribution in [0.2, 0.25) is 0 Å². The number of benzene rings is 3. The van der Waals surface area contributed by atoms with Crippen molar-refractivity contribution in [3.63, 3.8) is 0 Å². The molecule has 0 bridgehead atoms. The molecular weight excluding hydrogens is 328 g/mol. The Balaban J connectivity index is 2.23. The number of nitrogens with two attached hydrogens (primary N) is 3. The molecule has 0 spiro atoms. The van der Waals surface area contributed by atoms with E-state index in [-0.39, 0.29) is 11.1 Å². The van der Waals surface area contributed by atoms with E-state index in [1.165, 1.54) is 11.0 Å². The van der Waals surface area contributed by atoms with Crippen LogP contribution in [0.1, 0.15) is 20.7 Å². The van der Waals surface area contributed by atoms with Crippen LogP contribution in [0.5, 0.6) is 0 Å². The van der Waals surface area contributed by atoms with Crippen molar-refractivity contribution in [3.05, 3.63) is 83.9 Å². The Morgan fingerprint density at radius 3 is 1.54 bits per heavy atom. The van der Waals surface area contributed by atoms with Crippen molar-refractivity contribution in [2.45, 2.75) is 0 Å². The van der Waals surface area contributed by atoms with Gasteiger partial charge in [0.15, 0.2) is 0 Å². The van der Waals surface area contributed by atoms with Gasteiger partial charge in [-0.1, -0.05) is 36.4 Å². The van der Waals surface area contributed by atoms with E-state index in [9.17, 15) is 9.59 Å². The Bertz CT molecular complexity index is 939. The lowest BCUT2D eigenvalue weighted by Gasteiger charge is -2.26. The molecule has 0 radical (unpaired) electrons. The minimum absolute atomic E-state index is 0.131. The lowest BCUT2D eigenvalue weighted by atomic mass is 10.0. The van der Waals surface area contributed by atoms with Crippen molar-refractivity contribution in [2.75, 3.05) is 16.4 Å². The van der Waals surface area contributed by atoms with Crippen molar-refractivity contribution in [2.24, 2.45) is 5.73 Å². The number of carbonyl (C=O) groups is 2. The zero-order valence-electron chi connectivity index (χ0n) is 13.9. The summed E-state index contributed by atoms with van der Waals surface area (Å²) in [6, 6.07) is 20.3. The quantitative estimate of drug-likeness (QED) is 0.630. The second-order valence-corrected chi connectivity index (χ2v) is 5.67. The van der Waals surface area contributed by atoms with Crippen LogP contribution in [0.15, 0.2) is 72.8 Å². The zero-order chi connectivity index (χ0) is 18.7. The molecule has 0 heterocycles. The van der Waals surface area contributed by atoms with E-state index in [4.69, 9.17) is 17.2 Å². The molecule has 0 atom stereocenters. The van der Waals surface area contributed by atoms with Gasteiger partial charge in [-0.15, -0.1) is 0 Å². The first-order valence-corrected chi connectivity index (χ1v) is 7.93. The third-order valence-corrected chi connectivity index (χ3v) is 3.98. The second-order valence-electron chi connectivity index (χ2n) is 5.67. The Kier molecular flexibility index (Phi) is 4.57. The summed E-state index contributed by atoms with van der Waals surface area (Å²) in [4.78, 5) is 26.5. The average Bonchev–Trinajstić information content (AvgIpc) is 2.64. The molecule has 3 aromatic rings. The summed E-state index contributed by atoms with van der Waals surface area (Å²) >= 11 is 0. The van der Waals surface area contributed by atoms with Gasteiger partial charge in [0.1, 0.15) is 0 Å². The van der Waals surface area contributed by atoms with Gasteiger partial charge in [0, 0.05) is 0 Å². The minimum atomic E-state index is -0.684. The maximum absolute atomic E-state index is 13.4. The molecule has 2 amide bonds. The fraction of sp³-hybridized carbons (Fsp3) is 0. The van der Waals surface area contributed by atoms with Gasteiger partial charge in [-0.3, -0.25) is 14.5 Å². The van der Waals surface area contributed by atoms with Gasteiger partial charge in [-0.05, 0) is 36.4 Å². The number of amides is 2. The SMILES string of the molecule is NC(=O)c1ccccc1C(=O)N(c1ccccc1N)c1ccccc1N. The van der Waals surface area contributed by atoms with Crippen molar-refractivity contribution < 1.29 is 9.59 Å². The molecule has 0 saturated carbocycles. The number of para-hydroxylation sites is 4. The van der Waals surface area contributed by atoms with Crippen LogP contribution in [0.25, 0.3) is 0 Å². The molecule has 0 saturated heterocycles. The first-order valence-electron chi connectivity index (χ1n) is 7.93. The Hall–Kier alpha value is -3.80. The first kappa shape index (κ1) is 17.0. The third-order valence-electron chi connectivity index (χ3n) is 3.98. The number of hydrogen-bond donors (Lipinski definition) is 3. The monoisotopic (exact) mass is 346 g/mol. The van der Waals surface area contributed by atoms with Gasteiger partial charge in [0.25, 0.3) is 5.91 Å². The van der Waals surface area contributed by atoms with Gasteiger partial charge < -0.3 is 17.2 Å². The maximum atomic E-state index is 13.4. The van der Waals surface area contributed by atoms with E-state index in [0.717, 1.165) is 0 Å². The fourth-order valence-electron chi connectivity index (χ4n) is 2.74. The summed E-state index contributed by atoms with van der Waals surface area (Å²) in [7, 11) is 0. The van der Waals surface area contributed by atoms with Crippen molar-refractivity contribution >= 4 is 34.6 Å². The normalized spacial score (nSPS) is 10.3. The molecule has 26 heavy (non-hydrogen) atoms. The summed E-state index contributed by atoms with van der Waals surface area (Å²) in [5, 5.41) is 0. The van der Waals surface area contributed by atoms with E-state index >= 15 is 0 Å². The molecule has 0 aliphatic heterocycles. The summed E-state index contributed by atoms with van der Waals surface area (Å²) in [5.41, 5.74) is 19.7. The molecule has 0 aromatic heterocycles. The van der Waals surface area contributed by atoms with E-state index < -0.39 is 11.8 Å². The lowest BCUT2D eigenvalue weighted by Crippen LogP contribution is -2.30. The highest BCUT2D eigenvalue weighted by molar-refractivity contribution is 6.17. The third kappa shape index (κ3) is 3.08. The van der Waals surface area contributed by atoms with Crippen LogP contribution >= 0.6 is 0 Å². The Morgan fingerprint density at radius 2 is 1.08 bits per heavy atom. The van der Waals surface area contributed by atoms with Crippen LogP contribution in [-0.2, 0) is 0 Å². The van der Waals surface area contributed by atoms with Crippen LogP contribution in [0, 0.1) is 0 Å². The highest BCUT2D eigenvalue weighted by Crippen LogP contribution is 2.35. The van der Waals surface area contributed by atoms with Crippen molar-refractivity contribution in [1.29, 1.82) is 0 Å². The fourth-order valence-corrected chi connectivity index (χ4v) is 2.74. The molecule has 0 fully saturated rings. The molecule has 6 N–H and O–H groups in total. The van der Waals surface area contributed by atoms with Gasteiger partial charge in [0.05, 0.1) is 33.9 Å². The molecular formula is C20H18N4O2. The smallest absolute Gasteiger partial charge is 0.263 e. The van der Waals surface area contributed by atoms with Crippen molar-refractivity contribution in [3.8, 4) is 0 Å². The topological polar surface area (TPSA) is 115 Å². The molecule has 130 valence electrons. The predicted molar refractivity (Wildman–Crippen MR) is 103 cm³/mol. The molecule has 3 aromatic carbocycles. The van der Waals surface area contributed by atoms with Crippen molar-refractivity contribution in [1.82, 2.24) is 0 Å². The van der Waals surface area contributed by atoms with Gasteiger partial charge >= 0.3 is 0 Å². The summed E-state index contributed by atoms with van der Waals surface area (Å²) in [5.74, 6) is -1.13. The number of nitrogens with zero attached hydrogens (tertiary/aromatic N) is 1. The lowest BCUT2D eigenvalue weighted by molar-refractivity contribution is 0.0967.